The predicted molar refractivity (Wildman–Crippen MR) is 168 cm³/mol. The van der Waals surface area contributed by atoms with Gasteiger partial charge in [0.2, 0.25) is 5.91 Å². The first-order valence-corrected chi connectivity index (χ1v) is 15.4. The summed E-state index contributed by atoms with van der Waals surface area (Å²) in [5, 5.41) is 26.4. The molecule has 3 N–H and O–H groups in total. The number of ether oxygens (including phenoxy) is 1. The van der Waals surface area contributed by atoms with E-state index in [-0.39, 0.29) is 70.1 Å². The molecule has 3 atom stereocenters. The summed E-state index contributed by atoms with van der Waals surface area (Å²) in [5.74, 6) is -4.56. The van der Waals surface area contributed by atoms with Crippen LogP contribution in [0.3, 0.4) is 0 Å². The summed E-state index contributed by atoms with van der Waals surface area (Å²) >= 11 is 1.20. The van der Waals surface area contributed by atoms with Gasteiger partial charge in [-0.15, -0.1) is 11.8 Å². The number of amides is 3. The van der Waals surface area contributed by atoms with E-state index in [1.807, 2.05) is 0 Å². The van der Waals surface area contributed by atoms with Crippen LogP contribution in [-0.4, -0.2) is 69.2 Å². The number of nitrogens with one attached hydrogen (secondary N) is 2. The molecule has 5 rings (SSSR count). The minimum atomic E-state index is -1.60. The first-order valence-electron chi connectivity index (χ1n) is 14.3. The average molecular weight is 678 g/mol. The number of carboxylic acid groups (broad SMARTS) is 1. The number of β-lactam (4-membered cyclic amide) rings is 1. The fourth-order valence-electron chi connectivity index (χ4n) is 5.06. The topological polar surface area (TPSA) is 182 Å². The van der Waals surface area contributed by atoms with Crippen LogP contribution in [0, 0.1) is 0 Å². The average Bonchev–Trinajstić information content (AvgIpc) is 3.07. The number of carbonyl (C=O) groups is 6. The van der Waals surface area contributed by atoms with E-state index < -0.39 is 52.9 Å². The number of thioether (sulfide) groups is 1. The van der Waals surface area contributed by atoms with Crippen LogP contribution in [0.4, 0.5) is 0 Å². The van der Waals surface area contributed by atoms with Gasteiger partial charge >= 0.3 is 35.5 Å². The van der Waals surface area contributed by atoms with Crippen molar-refractivity contribution in [2.45, 2.75) is 24.4 Å². The second-order valence-electron chi connectivity index (χ2n) is 10.6. The third-order valence-electron chi connectivity index (χ3n) is 7.43. The van der Waals surface area contributed by atoms with E-state index in [1.54, 1.807) is 60.7 Å². The maximum atomic E-state index is 13.6. The van der Waals surface area contributed by atoms with Crippen molar-refractivity contribution < 1.29 is 73.3 Å². The summed E-state index contributed by atoms with van der Waals surface area (Å²) in [6, 6.07) is 18.6. The van der Waals surface area contributed by atoms with Crippen molar-refractivity contribution in [2.75, 3.05) is 12.4 Å². The van der Waals surface area contributed by atoms with Crippen LogP contribution in [0.5, 0.6) is 5.75 Å². The molecule has 0 aliphatic carbocycles. The Morgan fingerprint density at radius 1 is 1.02 bits per heavy atom. The van der Waals surface area contributed by atoms with Crippen molar-refractivity contribution in [3.8, 4) is 5.75 Å². The van der Waals surface area contributed by atoms with Crippen LogP contribution >= 0.6 is 11.8 Å². The number of hydrogen-bond donors (Lipinski definition) is 3. The fraction of sp³-hybridized carbons (Fsp3) is 0.176. The number of fused-ring (bicyclic) bond motifs is 1. The molecule has 1 saturated heterocycles. The van der Waals surface area contributed by atoms with Crippen molar-refractivity contribution in [1.82, 2.24) is 15.5 Å². The van der Waals surface area contributed by atoms with Crippen LogP contribution in [0.1, 0.15) is 44.8 Å². The molecule has 0 spiro atoms. The molecule has 3 aromatic carbocycles. The molecule has 240 valence electrons. The van der Waals surface area contributed by atoms with Crippen LogP contribution in [0.2, 0.25) is 0 Å². The number of hydrogen-bond acceptors (Lipinski definition) is 10. The first-order chi connectivity index (χ1) is 22.5. The van der Waals surface area contributed by atoms with Gasteiger partial charge in [-0.1, -0.05) is 60.7 Å². The Labute approximate surface area is 301 Å². The van der Waals surface area contributed by atoms with E-state index in [0.717, 1.165) is 4.90 Å². The van der Waals surface area contributed by atoms with E-state index in [2.05, 4.69) is 10.6 Å². The molecule has 2 aliphatic heterocycles. The second-order valence-corrected chi connectivity index (χ2v) is 11.7. The summed E-state index contributed by atoms with van der Waals surface area (Å²) in [4.78, 5) is 76.5. The molecule has 14 heteroatoms. The normalized spacial score (nSPS) is 17.4. The van der Waals surface area contributed by atoms with Crippen molar-refractivity contribution in [3.05, 3.63) is 118 Å². The van der Waals surface area contributed by atoms with Gasteiger partial charge in [0.25, 0.3) is 11.8 Å². The molecule has 48 heavy (non-hydrogen) atoms. The van der Waals surface area contributed by atoms with Crippen LogP contribution in [0.25, 0.3) is 6.08 Å². The van der Waals surface area contributed by atoms with Crippen LogP contribution < -0.4 is 45.3 Å². The standard InChI is InChI=1S/C34H29N3O9S.Na/c1-19(38)46-17-23-18-47-33-28(32(43)37(33)29(23)34(44)45)36-31(42)27(21-7-3-2-4-8-21)35-30(41)22-14-11-20(12-15-22)13-16-26(40)24-9-5-6-10-25(24)39;/h2-16,27-28,33,39H,17-18H2,1H3,(H,35,41)(H,36,42)(H,44,45);/q;+1/p-1/t27?,28-,33-;/m1./s1. The van der Waals surface area contributed by atoms with E-state index >= 15 is 0 Å². The number of carboxylic acids is 1. The Morgan fingerprint density at radius 3 is 2.33 bits per heavy atom. The van der Waals surface area contributed by atoms with Crippen molar-refractivity contribution in [2.24, 2.45) is 0 Å². The van der Waals surface area contributed by atoms with Crippen molar-refractivity contribution in [1.29, 1.82) is 0 Å². The van der Waals surface area contributed by atoms with Crippen LogP contribution in [0.15, 0.2) is 96.2 Å². The van der Waals surface area contributed by atoms with Gasteiger partial charge in [0.05, 0.1) is 17.2 Å². The molecule has 0 bridgehead atoms. The second kappa shape index (κ2) is 15.9. The molecule has 1 unspecified atom stereocenters. The number of para-hydroxylation sites is 1. The largest absolute Gasteiger partial charge is 1.00 e. The number of aromatic hydroxyl groups is 1. The third kappa shape index (κ3) is 8.05. The molecule has 0 saturated carbocycles. The fourth-order valence-corrected chi connectivity index (χ4v) is 6.38. The zero-order valence-electron chi connectivity index (χ0n) is 25.9. The van der Waals surface area contributed by atoms with Gasteiger partial charge in [-0.25, -0.2) is 0 Å². The number of carbonyl (C=O) groups excluding carboxylic acids is 6. The minimum Gasteiger partial charge on any atom is -0.543 e. The number of phenols is 1. The predicted octanol–water partition coefficient (Wildman–Crippen LogP) is -1.27. The minimum absolute atomic E-state index is 0. The number of esters is 1. The number of benzene rings is 3. The third-order valence-corrected chi connectivity index (χ3v) is 8.77. The Morgan fingerprint density at radius 2 is 1.69 bits per heavy atom. The van der Waals surface area contributed by atoms with Crippen LogP contribution in [-0.2, 0) is 23.9 Å². The molecule has 12 nitrogen and oxygen atoms in total. The number of ketones is 1. The maximum Gasteiger partial charge on any atom is 1.00 e. The summed E-state index contributed by atoms with van der Waals surface area (Å²) in [5.41, 5.74) is 1.25. The monoisotopic (exact) mass is 677 g/mol. The quantitative estimate of drug-likeness (QED) is 0.0728. The maximum absolute atomic E-state index is 13.6. The molecule has 3 aromatic rings. The Bertz CT molecular complexity index is 1810. The molecular formula is C34H28N3NaO9S. The van der Waals surface area contributed by atoms with Gasteiger partial charge in [-0.2, -0.15) is 0 Å². The molecule has 3 amide bonds. The van der Waals surface area contributed by atoms with Gasteiger partial charge in [0.1, 0.15) is 29.8 Å². The van der Waals surface area contributed by atoms with Gasteiger partial charge in [0, 0.05) is 23.8 Å². The number of aliphatic carboxylic acids is 1. The molecule has 2 heterocycles. The van der Waals surface area contributed by atoms with E-state index in [4.69, 9.17) is 4.74 Å². The Hall–Kier alpha value is -4.69. The molecule has 2 aliphatic rings. The summed E-state index contributed by atoms with van der Waals surface area (Å²) in [6.45, 7) is 0.868. The van der Waals surface area contributed by atoms with E-state index in [9.17, 15) is 39.0 Å². The summed E-state index contributed by atoms with van der Waals surface area (Å²) in [7, 11) is 0. The van der Waals surface area contributed by atoms with E-state index in [1.165, 1.54) is 49.0 Å². The SMILES string of the molecule is CC(=O)OCC1=C(C(=O)[O-])N2C(=O)[C@@H](NC(=O)C(NC(=O)c3ccc(C=CC(=O)c4ccccc4O)cc3)c3ccccc3)[C@H]2SC1.[Na+]. The first kappa shape index (κ1) is 36.2. The van der Waals surface area contributed by atoms with Crippen molar-refractivity contribution in [3.63, 3.8) is 0 Å². The number of nitrogens with zero attached hydrogens (tertiary/aromatic N) is 1. The number of allylic oxidation sites excluding steroid dienone is 1. The zero-order valence-corrected chi connectivity index (χ0v) is 28.7. The summed E-state index contributed by atoms with van der Waals surface area (Å²) < 4.78 is 4.92. The Kier molecular flexibility index (Phi) is 12.0. The van der Waals surface area contributed by atoms with E-state index in [0.29, 0.717) is 11.1 Å². The van der Waals surface area contributed by atoms with Gasteiger partial charge in [-0.05, 0) is 41.5 Å². The molecular weight excluding hydrogens is 649 g/mol. The van der Waals surface area contributed by atoms with Gasteiger partial charge < -0.3 is 30.4 Å². The van der Waals surface area contributed by atoms with Gasteiger partial charge in [0.15, 0.2) is 5.78 Å². The Balaban J connectivity index is 0.00000520. The molecule has 1 fully saturated rings. The summed E-state index contributed by atoms with van der Waals surface area (Å²) in [6.07, 6.45) is 2.85. The molecule has 0 aromatic heterocycles. The zero-order chi connectivity index (χ0) is 33.7. The number of rotatable bonds is 11. The van der Waals surface area contributed by atoms with Gasteiger partial charge in [-0.3, -0.25) is 28.9 Å². The molecule has 0 radical (unpaired) electrons. The number of phenolic OH excluding ortho intramolecular Hbond substituents is 1. The van der Waals surface area contributed by atoms with Crippen molar-refractivity contribution >= 4 is 53.3 Å². The smallest absolute Gasteiger partial charge is 0.543 e.